The maximum absolute atomic E-state index is 13.3. The molecule has 140 valence electrons. The van der Waals surface area contributed by atoms with Gasteiger partial charge in [0.15, 0.2) is 0 Å². The molecule has 0 saturated heterocycles. The average molecular weight is 362 g/mol. The van der Waals surface area contributed by atoms with Crippen molar-refractivity contribution in [3.8, 4) is 5.75 Å². The molecular formula is C23H26N2O2. The Hall–Kier alpha value is -3.01. The first-order valence-corrected chi connectivity index (χ1v) is 9.17. The fraction of sp³-hybridized carbons (Fsp3) is 0.261. The van der Waals surface area contributed by atoms with Gasteiger partial charge in [0.2, 0.25) is 0 Å². The number of amides is 1. The summed E-state index contributed by atoms with van der Waals surface area (Å²) in [6.07, 6.45) is 2.58. The standard InChI is InChI=1S/C23H26N2O2/c1-4-14-24-22-17(2)15-21(19-8-6-5-7-9-19)25(23(22)26)16-18-10-12-20(27-3)13-11-18/h4-13,21,24H,1,14-16H2,2-3H3. The van der Waals surface area contributed by atoms with E-state index in [0.717, 1.165) is 28.9 Å². The van der Waals surface area contributed by atoms with Gasteiger partial charge in [0.25, 0.3) is 5.91 Å². The van der Waals surface area contributed by atoms with Crippen LogP contribution in [0.2, 0.25) is 0 Å². The van der Waals surface area contributed by atoms with Gasteiger partial charge in [0.1, 0.15) is 5.75 Å². The number of carbonyl (C=O) groups is 1. The quantitative estimate of drug-likeness (QED) is 0.750. The van der Waals surface area contributed by atoms with E-state index < -0.39 is 0 Å². The maximum Gasteiger partial charge on any atom is 0.270 e. The Kier molecular flexibility index (Phi) is 5.97. The van der Waals surface area contributed by atoms with E-state index in [0.29, 0.717) is 18.8 Å². The van der Waals surface area contributed by atoms with Crippen molar-refractivity contribution in [2.75, 3.05) is 13.7 Å². The summed E-state index contributed by atoms with van der Waals surface area (Å²) in [5, 5.41) is 3.23. The number of nitrogens with one attached hydrogen (secondary N) is 1. The number of hydrogen-bond acceptors (Lipinski definition) is 3. The number of nitrogens with zero attached hydrogens (tertiary/aromatic N) is 1. The summed E-state index contributed by atoms with van der Waals surface area (Å²) in [5.74, 6) is 0.845. The normalized spacial score (nSPS) is 17.0. The lowest BCUT2D eigenvalue weighted by Gasteiger charge is -2.38. The highest BCUT2D eigenvalue weighted by molar-refractivity contribution is 5.95. The Morgan fingerprint density at radius 1 is 1.19 bits per heavy atom. The minimum atomic E-state index is 0.0232. The molecule has 1 atom stereocenters. The summed E-state index contributed by atoms with van der Waals surface area (Å²) in [4.78, 5) is 15.3. The molecule has 1 heterocycles. The lowest BCUT2D eigenvalue weighted by atomic mass is 9.92. The molecular weight excluding hydrogens is 336 g/mol. The van der Waals surface area contributed by atoms with E-state index >= 15 is 0 Å². The zero-order chi connectivity index (χ0) is 19.2. The van der Waals surface area contributed by atoms with Gasteiger partial charge >= 0.3 is 0 Å². The monoisotopic (exact) mass is 362 g/mol. The van der Waals surface area contributed by atoms with Crippen LogP contribution in [0, 0.1) is 0 Å². The first-order chi connectivity index (χ1) is 13.1. The molecule has 1 aliphatic heterocycles. The molecule has 27 heavy (non-hydrogen) atoms. The van der Waals surface area contributed by atoms with Crippen LogP contribution < -0.4 is 10.1 Å². The first-order valence-electron chi connectivity index (χ1n) is 9.17. The molecule has 0 saturated carbocycles. The van der Waals surface area contributed by atoms with Gasteiger partial charge in [-0.05, 0) is 42.2 Å². The topological polar surface area (TPSA) is 41.6 Å². The first kappa shape index (κ1) is 18.8. The smallest absolute Gasteiger partial charge is 0.270 e. The van der Waals surface area contributed by atoms with E-state index in [1.165, 1.54) is 0 Å². The van der Waals surface area contributed by atoms with Gasteiger partial charge in [-0.1, -0.05) is 48.5 Å². The lowest BCUT2D eigenvalue weighted by molar-refractivity contribution is -0.131. The SMILES string of the molecule is C=CCNC1=C(C)CC(c2ccccc2)N(Cc2ccc(OC)cc2)C1=O. The fourth-order valence-electron chi connectivity index (χ4n) is 3.45. The maximum atomic E-state index is 13.3. The van der Waals surface area contributed by atoms with Gasteiger partial charge in [-0.25, -0.2) is 0 Å². The van der Waals surface area contributed by atoms with Crippen LogP contribution in [0.1, 0.15) is 30.5 Å². The van der Waals surface area contributed by atoms with Crippen molar-refractivity contribution >= 4 is 5.91 Å². The number of methoxy groups -OCH3 is 1. The van der Waals surface area contributed by atoms with Crippen molar-refractivity contribution in [1.29, 1.82) is 0 Å². The Morgan fingerprint density at radius 2 is 1.89 bits per heavy atom. The minimum absolute atomic E-state index is 0.0232. The second kappa shape index (κ2) is 8.58. The molecule has 3 rings (SSSR count). The third-order valence-corrected chi connectivity index (χ3v) is 4.90. The van der Waals surface area contributed by atoms with Crippen molar-refractivity contribution in [1.82, 2.24) is 10.2 Å². The third-order valence-electron chi connectivity index (χ3n) is 4.90. The van der Waals surface area contributed by atoms with Gasteiger partial charge in [-0.3, -0.25) is 4.79 Å². The highest BCUT2D eigenvalue weighted by atomic mass is 16.5. The van der Waals surface area contributed by atoms with E-state index in [9.17, 15) is 4.79 Å². The van der Waals surface area contributed by atoms with Crippen LogP contribution in [0.5, 0.6) is 5.75 Å². The van der Waals surface area contributed by atoms with Gasteiger partial charge in [0.05, 0.1) is 18.8 Å². The average Bonchev–Trinajstić information content (AvgIpc) is 2.71. The summed E-state index contributed by atoms with van der Waals surface area (Å²) in [5.41, 5.74) is 4.01. The summed E-state index contributed by atoms with van der Waals surface area (Å²) >= 11 is 0. The van der Waals surface area contributed by atoms with Gasteiger partial charge in [0, 0.05) is 13.1 Å². The van der Waals surface area contributed by atoms with E-state index in [1.807, 2.05) is 54.3 Å². The summed E-state index contributed by atoms with van der Waals surface area (Å²) in [6.45, 7) is 6.90. The van der Waals surface area contributed by atoms with Crippen LogP contribution in [0.25, 0.3) is 0 Å². The molecule has 1 unspecified atom stereocenters. The number of carbonyl (C=O) groups excluding carboxylic acids is 1. The van der Waals surface area contributed by atoms with Crippen LogP contribution in [-0.4, -0.2) is 24.5 Å². The molecule has 0 aliphatic carbocycles. The fourth-order valence-corrected chi connectivity index (χ4v) is 3.45. The van der Waals surface area contributed by atoms with Crippen molar-refractivity contribution in [2.45, 2.75) is 25.9 Å². The molecule has 1 amide bonds. The predicted molar refractivity (Wildman–Crippen MR) is 108 cm³/mol. The van der Waals surface area contributed by atoms with E-state index in [-0.39, 0.29) is 11.9 Å². The highest BCUT2D eigenvalue weighted by Gasteiger charge is 2.33. The second-order valence-corrected chi connectivity index (χ2v) is 6.74. The molecule has 0 bridgehead atoms. The minimum Gasteiger partial charge on any atom is -0.497 e. The van der Waals surface area contributed by atoms with Gasteiger partial charge in [-0.15, -0.1) is 6.58 Å². The molecule has 0 spiro atoms. The third kappa shape index (κ3) is 4.22. The lowest BCUT2D eigenvalue weighted by Crippen LogP contribution is -2.43. The highest BCUT2D eigenvalue weighted by Crippen LogP contribution is 2.35. The zero-order valence-corrected chi connectivity index (χ0v) is 15.9. The second-order valence-electron chi connectivity index (χ2n) is 6.74. The number of hydrogen-bond donors (Lipinski definition) is 1. The van der Waals surface area contributed by atoms with Crippen LogP contribution in [-0.2, 0) is 11.3 Å². The Labute approximate surface area is 161 Å². The molecule has 1 N–H and O–H groups in total. The summed E-state index contributed by atoms with van der Waals surface area (Å²) in [7, 11) is 1.65. The van der Waals surface area contributed by atoms with E-state index in [2.05, 4.69) is 24.0 Å². The molecule has 2 aromatic carbocycles. The van der Waals surface area contributed by atoms with Crippen LogP contribution in [0.15, 0.2) is 78.5 Å². The van der Waals surface area contributed by atoms with E-state index in [1.54, 1.807) is 13.2 Å². The summed E-state index contributed by atoms with van der Waals surface area (Å²) < 4.78 is 5.24. The van der Waals surface area contributed by atoms with Crippen LogP contribution >= 0.6 is 0 Å². The zero-order valence-electron chi connectivity index (χ0n) is 15.9. The van der Waals surface area contributed by atoms with Crippen LogP contribution in [0.3, 0.4) is 0 Å². The number of rotatable bonds is 7. The number of benzene rings is 2. The van der Waals surface area contributed by atoms with Crippen LogP contribution in [0.4, 0.5) is 0 Å². The molecule has 0 fully saturated rings. The molecule has 0 radical (unpaired) electrons. The molecule has 4 nitrogen and oxygen atoms in total. The van der Waals surface area contributed by atoms with Gasteiger partial charge < -0.3 is 15.0 Å². The van der Waals surface area contributed by atoms with Gasteiger partial charge in [-0.2, -0.15) is 0 Å². The molecule has 2 aromatic rings. The Morgan fingerprint density at radius 3 is 2.52 bits per heavy atom. The Balaban J connectivity index is 1.93. The largest absolute Gasteiger partial charge is 0.497 e. The van der Waals surface area contributed by atoms with Crippen molar-refractivity contribution < 1.29 is 9.53 Å². The summed E-state index contributed by atoms with van der Waals surface area (Å²) in [6, 6.07) is 18.1. The molecule has 4 heteroatoms. The Bertz CT molecular complexity index is 825. The predicted octanol–water partition coefficient (Wildman–Crippen LogP) is 4.22. The van der Waals surface area contributed by atoms with Crippen molar-refractivity contribution in [2.24, 2.45) is 0 Å². The van der Waals surface area contributed by atoms with Crippen molar-refractivity contribution in [3.05, 3.63) is 89.6 Å². The number of ether oxygens (including phenoxy) is 1. The van der Waals surface area contributed by atoms with E-state index in [4.69, 9.17) is 4.74 Å². The molecule has 0 aromatic heterocycles. The molecule has 1 aliphatic rings. The van der Waals surface area contributed by atoms with Crippen molar-refractivity contribution in [3.63, 3.8) is 0 Å².